The van der Waals surface area contributed by atoms with E-state index in [0.29, 0.717) is 18.0 Å². The first-order valence-corrected chi connectivity index (χ1v) is 7.64. The minimum Gasteiger partial charge on any atom is -0.395 e. The number of amides is 2. The third-order valence-corrected chi connectivity index (χ3v) is 3.47. The Hall–Kier alpha value is -2.05. The molecule has 0 aliphatic carbocycles. The monoisotopic (exact) mass is 328 g/mol. The number of nitrogens with zero attached hydrogens (tertiary/aromatic N) is 1. The van der Waals surface area contributed by atoms with Crippen molar-refractivity contribution in [3.8, 4) is 11.5 Å². The highest BCUT2D eigenvalue weighted by Crippen LogP contribution is 2.41. The van der Waals surface area contributed by atoms with E-state index < -0.39 is 6.29 Å². The Kier molecular flexibility index (Phi) is 5.28. The van der Waals surface area contributed by atoms with Crippen molar-refractivity contribution in [1.82, 2.24) is 10.2 Å². The van der Waals surface area contributed by atoms with Crippen LogP contribution in [0.25, 0.3) is 0 Å². The van der Waals surface area contributed by atoms with Crippen LogP contribution < -0.4 is 14.8 Å². The van der Waals surface area contributed by atoms with Gasteiger partial charge in [-0.3, -0.25) is 0 Å². The van der Waals surface area contributed by atoms with Gasteiger partial charge >= 0.3 is 12.3 Å². The lowest BCUT2D eigenvalue weighted by molar-refractivity contribution is -0.286. The summed E-state index contributed by atoms with van der Waals surface area (Å²) in [6.45, 7) is 5.18. The molecule has 1 N–H and O–H groups in total. The van der Waals surface area contributed by atoms with Gasteiger partial charge in [0.05, 0.1) is 0 Å². The maximum absolute atomic E-state index is 13.0. The number of urea groups is 1. The lowest BCUT2D eigenvalue weighted by atomic mass is 10.1. The van der Waals surface area contributed by atoms with E-state index in [1.165, 1.54) is 17.0 Å². The number of benzene rings is 1. The second-order valence-electron chi connectivity index (χ2n) is 6.07. The minimum absolute atomic E-state index is 0.000426. The standard InChI is InChI=1S/C16H22F2N2O3/c1-11(2)5-4-8-19-15(21)20(3)10-12-6-7-13-14(9-12)23-16(17,18)22-13/h6-7,9,11H,4-5,8,10H2,1-3H3,(H,19,21). The first-order valence-electron chi connectivity index (χ1n) is 7.64. The summed E-state index contributed by atoms with van der Waals surface area (Å²) < 4.78 is 34.7. The van der Waals surface area contributed by atoms with E-state index in [-0.39, 0.29) is 24.1 Å². The SMILES string of the molecule is CC(C)CCCNC(=O)N(C)Cc1ccc2c(c1)OC(F)(F)O2. The van der Waals surface area contributed by atoms with Gasteiger partial charge in [-0.25, -0.2) is 4.79 Å². The van der Waals surface area contributed by atoms with Crippen LogP contribution in [0.5, 0.6) is 11.5 Å². The number of rotatable bonds is 6. The number of alkyl halides is 2. The highest BCUT2D eigenvalue weighted by Gasteiger charge is 2.43. The van der Waals surface area contributed by atoms with Crippen LogP contribution in [-0.4, -0.2) is 30.8 Å². The predicted molar refractivity (Wildman–Crippen MR) is 81.6 cm³/mol. The Bertz CT molecular complexity index is 564. The maximum atomic E-state index is 13.0. The molecule has 0 aromatic heterocycles. The summed E-state index contributed by atoms with van der Waals surface area (Å²) in [5.74, 6) is 0.592. The second kappa shape index (κ2) is 7.02. The molecule has 0 saturated heterocycles. The summed E-state index contributed by atoms with van der Waals surface area (Å²) in [5, 5.41) is 2.83. The van der Waals surface area contributed by atoms with Gasteiger partial charge in [0.15, 0.2) is 11.5 Å². The zero-order valence-corrected chi connectivity index (χ0v) is 13.6. The normalized spacial score (nSPS) is 14.9. The van der Waals surface area contributed by atoms with E-state index in [2.05, 4.69) is 28.6 Å². The zero-order valence-electron chi connectivity index (χ0n) is 13.6. The number of halogens is 2. The highest BCUT2D eigenvalue weighted by molar-refractivity contribution is 5.73. The van der Waals surface area contributed by atoms with Crippen molar-refractivity contribution in [1.29, 1.82) is 0 Å². The summed E-state index contributed by atoms with van der Waals surface area (Å²) >= 11 is 0. The molecule has 23 heavy (non-hydrogen) atoms. The maximum Gasteiger partial charge on any atom is 0.586 e. The van der Waals surface area contributed by atoms with Crippen molar-refractivity contribution in [2.24, 2.45) is 5.92 Å². The Labute approximate surface area is 134 Å². The van der Waals surface area contributed by atoms with Gasteiger partial charge in [-0.1, -0.05) is 19.9 Å². The van der Waals surface area contributed by atoms with Gasteiger partial charge in [0.1, 0.15) is 0 Å². The number of carbonyl (C=O) groups is 1. The molecule has 1 aromatic rings. The summed E-state index contributed by atoms with van der Waals surface area (Å²) in [7, 11) is 1.65. The number of fused-ring (bicyclic) bond motifs is 1. The smallest absolute Gasteiger partial charge is 0.395 e. The van der Waals surface area contributed by atoms with Gasteiger partial charge in [0.25, 0.3) is 0 Å². The van der Waals surface area contributed by atoms with Gasteiger partial charge in [0, 0.05) is 20.1 Å². The molecule has 0 bridgehead atoms. The molecule has 1 aliphatic rings. The predicted octanol–water partition coefficient (Wildman–Crippen LogP) is 3.59. The number of carbonyl (C=O) groups excluding carboxylic acids is 1. The Morgan fingerprint density at radius 2 is 2.00 bits per heavy atom. The topological polar surface area (TPSA) is 50.8 Å². The quantitative estimate of drug-likeness (QED) is 0.812. The lowest BCUT2D eigenvalue weighted by Crippen LogP contribution is -2.37. The molecular formula is C16H22F2N2O3. The lowest BCUT2D eigenvalue weighted by Gasteiger charge is -2.18. The van der Waals surface area contributed by atoms with Crippen molar-refractivity contribution >= 4 is 6.03 Å². The van der Waals surface area contributed by atoms with E-state index in [1.807, 2.05) is 0 Å². The molecule has 0 atom stereocenters. The van der Waals surface area contributed by atoms with Crippen molar-refractivity contribution in [3.63, 3.8) is 0 Å². The summed E-state index contributed by atoms with van der Waals surface area (Å²) in [4.78, 5) is 13.5. The Balaban J connectivity index is 1.84. The van der Waals surface area contributed by atoms with Crippen LogP contribution >= 0.6 is 0 Å². The molecule has 5 nitrogen and oxygen atoms in total. The zero-order chi connectivity index (χ0) is 17.0. The molecule has 0 spiro atoms. The largest absolute Gasteiger partial charge is 0.586 e. The highest BCUT2D eigenvalue weighted by atomic mass is 19.3. The molecule has 1 aromatic carbocycles. The summed E-state index contributed by atoms with van der Waals surface area (Å²) in [6.07, 6.45) is -1.64. The fraction of sp³-hybridized carbons (Fsp3) is 0.562. The molecule has 128 valence electrons. The molecule has 0 unspecified atom stereocenters. The first-order chi connectivity index (χ1) is 10.8. The van der Waals surface area contributed by atoms with E-state index >= 15 is 0 Å². The van der Waals surface area contributed by atoms with Crippen LogP contribution in [0.3, 0.4) is 0 Å². The fourth-order valence-electron chi connectivity index (χ4n) is 2.28. The molecule has 7 heteroatoms. The van der Waals surface area contributed by atoms with Crippen LogP contribution in [0.2, 0.25) is 0 Å². The van der Waals surface area contributed by atoms with E-state index in [9.17, 15) is 13.6 Å². The number of ether oxygens (including phenoxy) is 2. The summed E-state index contributed by atoms with van der Waals surface area (Å²) in [6, 6.07) is 4.31. The molecular weight excluding hydrogens is 306 g/mol. The number of nitrogens with one attached hydrogen (secondary N) is 1. The average molecular weight is 328 g/mol. The average Bonchev–Trinajstić information content (AvgIpc) is 2.76. The van der Waals surface area contributed by atoms with Gasteiger partial charge in [-0.2, -0.15) is 0 Å². The van der Waals surface area contributed by atoms with Crippen LogP contribution in [0.15, 0.2) is 18.2 Å². The van der Waals surface area contributed by atoms with E-state index in [4.69, 9.17) is 0 Å². The summed E-state index contributed by atoms with van der Waals surface area (Å²) in [5.41, 5.74) is 0.685. The molecule has 0 radical (unpaired) electrons. The van der Waals surface area contributed by atoms with E-state index in [1.54, 1.807) is 13.1 Å². The van der Waals surface area contributed by atoms with Crippen molar-refractivity contribution in [3.05, 3.63) is 23.8 Å². The van der Waals surface area contributed by atoms with Crippen LogP contribution in [0.1, 0.15) is 32.3 Å². The van der Waals surface area contributed by atoms with Gasteiger partial charge in [-0.05, 0) is 36.5 Å². The number of hydrogen-bond donors (Lipinski definition) is 1. The van der Waals surface area contributed by atoms with Crippen LogP contribution in [-0.2, 0) is 6.54 Å². The van der Waals surface area contributed by atoms with Gasteiger partial charge in [0.2, 0.25) is 0 Å². The Morgan fingerprint density at radius 3 is 2.70 bits per heavy atom. The third kappa shape index (κ3) is 4.97. The fourth-order valence-corrected chi connectivity index (χ4v) is 2.28. The number of hydrogen-bond acceptors (Lipinski definition) is 3. The first kappa shape index (κ1) is 17.3. The van der Waals surface area contributed by atoms with Crippen LogP contribution in [0.4, 0.5) is 13.6 Å². The van der Waals surface area contributed by atoms with E-state index in [0.717, 1.165) is 12.8 Å². The minimum atomic E-state index is -3.62. The molecule has 0 saturated carbocycles. The molecule has 2 rings (SSSR count). The second-order valence-corrected chi connectivity index (χ2v) is 6.07. The molecule has 2 amide bonds. The molecule has 1 aliphatic heterocycles. The van der Waals surface area contributed by atoms with Gasteiger partial charge in [-0.15, -0.1) is 8.78 Å². The third-order valence-electron chi connectivity index (χ3n) is 3.47. The van der Waals surface area contributed by atoms with Crippen molar-refractivity contribution < 1.29 is 23.0 Å². The van der Waals surface area contributed by atoms with Crippen molar-refractivity contribution in [2.75, 3.05) is 13.6 Å². The van der Waals surface area contributed by atoms with Crippen LogP contribution in [0, 0.1) is 5.92 Å². The molecule has 1 heterocycles. The Morgan fingerprint density at radius 1 is 1.30 bits per heavy atom. The van der Waals surface area contributed by atoms with Crippen molar-refractivity contribution in [2.45, 2.75) is 39.5 Å². The van der Waals surface area contributed by atoms with Gasteiger partial charge < -0.3 is 19.7 Å². The molecule has 0 fully saturated rings.